The second-order valence-corrected chi connectivity index (χ2v) is 4.22. The predicted molar refractivity (Wildman–Crippen MR) is 60.8 cm³/mol. The fourth-order valence-electron chi connectivity index (χ4n) is 2.08. The highest BCUT2D eigenvalue weighted by atomic mass is 19.2. The molecule has 1 atom stereocenters. The topological polar surface area (TPSA) is 49.4 Å². The molecule has 1 fully saturated rings. The Morgan fingerprint density at radius 2 is 1.75 bits per heavy atom. The smallest absolute Gasteiger partial charge is 0.247 e. The minimum atomic E-state index is -1.70. The molecule has 8 heteroatoms. The largest absolute Gasteiger partial charge is 0.345 e. The average molecular weight is 290 g/mol. The van der Waals surface area contributed by atoms with Gasteiger partial charge in [-0.1, -0.05) is 6.92 Å². The number of halogens is 4. The van der Waals surface area contributed by atoms with Crippen molar-refractivity contribution in [2.75, 3.05) is 11.4 Å². The van der Waals surface area contributed by atoms with Crippen molar-refractivity contribution >= 4 is 17.5 Å². The molecule has 1 unspecified atom stereocenters. The molecule has 1 aromatic rings. The van der Waals surface area contributed by atoms with Gasteiger partial charge in [-0.2, -0.15) is 0 Å². The molecule has 1 heterocycles. The number of nitrogens with zero attached hydrogens (tertiary/aromatic N) is 1. The number of hydrogen-bond donors (Lipinski definition) is 1. The lowest BCUT2D eigenvalue weighted by Crippen LogP contribution is -2.59. The highest BCUT2D eigenvalue weighted by molar-refractivity contribution is 6.06. The first kappa shape index (κ1) is 14.3. The van der Waals surface area contributed by atoms with Crippen molar-refractivity contribution in [1.29, 1.82) is 0 Å². The predicted octanol–water partition coefficient (Wildman–Crippen LogP) is 1.48. The second-order valence-electron chi connectivity index (χ2n) is 4.22. The first-order valence-electron chi connectivity index (χ1n) is 5.81. The second kappa shape index (κ2) is 5.10. The standard InChI is InChI=1S/C12H10F4N2O2/c1-2-7-12(20)17-4-8(19)18(7)11-9(15)5(13)3-6(14)10(11)16/h3,7H,2,4H2,1H3,(H,17,20). The van der Waals surface area contributed by atoms with Crippen LogP contribution >= 0.6 is 0 Å². The summed E-state index contributed by atoms with van der Waals surface area (Å²) in [6.45, 7) is 1.01. The van der Waals surface area contributed by atoms with Crippen molar-refractivity contribution in [3.63, 3.8) is 0 Å². The van der Waals surface area contributed by atoms with Gasteiger partial charge in [-0.05, 0) is 6.42 Å². The van der Waals surface area contributed by atoms with E-state index in [1.165, 1.54) is 6.92 Å². The molecule has 0 aromatic heterocycles. The third kappa shape index (κ3) is 2.10. The molecule has 4 nitrogen and oxygen atoms in total. The molecule has 0 radical (unpaired) electrons. The summed E-state index contributed by atoms with van der Waals surface area (Å²) in [4.78, 5) is 23.8. The van der Waals surface area contributed by atoms with E-state index in [4.69, 9.17) is 0 Å². The lowest BCUT2D eigenvalue weighted by atomic mass is 10.1. The molecule has 1 saturated heterocycles. The molecule has 1 aliphatic rings. The first-order valence-corrected chi connectivity index (χ1v) is 5.81. The number of rotatable bonds is 2. The summed E-state index contributed by atoms with van der Waals surface area (Å²) >= 11 is 0. The number of anilines is 1. The lowest BCUT2D eigenvalue weighted by Gasteiger charge is -2.34. The summed E-state index contributed by atoms with van der Waals surface area (Å²) in [5.41, 5.74) is -1.17. The van der Waals surface area contributed by atoms with E-state index in [0.717, 1.165) is 0 Å². The van der Waals surface area contributed by atoms with Gasteiger partial charge in [0.25, 0.3) is 0 Å². The van der Waals surface area contributed by atoms with Crippen LogP contribution in [0.15, 0.2) is 6.07 Å². The highest BCUT2D eigenvalue weighted by Gasteiger charge is 2.38. The third-order valence-electron chi connectivity index (χ3n) is 3.01. The van der Waals surface area contributed by atoms with Crippen molar-refractivity contribution in [3.05, 3.63) is 29.3 Å². The van der Waals surface area contributed by atoms with E-state index in [0.29, 0.717) is 4.90 Å². The average Bonchev–Trinajstić information content (AvgIpc) is 2.41. The monoisotopic (exact) mass is 290 g/mol. The van der Waals surface area contributed by atoms with Gasteiger partial charge in [0.05, 0.1) is 6.54 Å². The molecule has 1 N–H and O–H groups in total. The van der Waals surface area contributed by atoms with Gasteiger partial charge in [0, 0.05) is 6.07 Å². The van der Waals surface area contributed by atoms with E-state index in [1.807, 2.05) is 0 Å². The van der Waals surface area contributed by atoms with Crippen LogP contribution in [0.1, 0.15) is 13.3 Å². The summed E-state index contributed by atoms with van der Waals surface area (Å²) in [5, 5.41) is 2.24. The Morgan fingerprint density at radius 3 is 2.25 bits per heavy atom. The van der Waals surface area contributed by atoms with E-state index in [-0.39, 0.29) is 12.5 Å². The molecule has 2 amide bonds. The molecule has 0 spiro atoms. The lowest BCUT2D eigenvalue weighted by molar-refractivity contribution is -0.131. The van der Waals surface area contributed by atoms with Crippen LogP contribution in [0, 0.1) is 23.3 Å². The summed E-state index contributed by atoms with van der Waals surface area (Å²) < 4.78 is 53.9. The van der Waals surface area contributed by atoms with E-state index >= 15 is 0 Å². The Bertz CT molecular complexity index is 565. The quantitative estimate of drug-likeness (QED) is 0.662. The highest BCUT2D eigenvalue weighted by Crippen LogP contribution is 2.31. The van der Waals surface area contributed by atoms with Gasteiger partial charge in [0.1, 0.15) is 11.7 Å². The van der Waals surface area contributed by atoms with Gasteiger partial charge in [0.2, 0.25) is 11.8 Å². The van der Waals surface area contributed by atoms with Crippen LogP contribution < -0.4 is 10.2 Å². The fourth-order valence-corrected chi connectivity index (χ4v) is 2.08. The zero-order valence-corrected chi connectivity index (χ0v) is 10.3. The number of hydrogen-bond acceptors (Lipinski definition) is 2. The van der Waals surface area contributed by atoms with Crippen LogP contribution in [0.3, 0.4) is 0 Å². The molecule has 2 rings (SSSR count). The molecule has 0 bridgehead atoms. The van der Waals surface area contributed by atoms with Crippen LogP contribution in [0.2, 0.25) is 0 Å². The van der Waals surface area contributed by atoms with Gasteiger partial charge in [-0.25, -0.2) is 17.6 Å². The number of piperazine rings is 1. The maximum Gasteiger partial charge on any atom is 0.247 e. The van der Waals surface area contributed by atoms with Gasteiger partial charge >= 0.3 is 0 Å². The van der Waals surface area contributed by atoms with Crippen LogP contribution in [0.25, 0.3) is 0 Å². The first-order chi connectivity index (χ1) is 9.38. The van der Waals surface area contributed by atoms with Gasteiger partial charge in [-0.3, -0.25) is 14.5 Å². The van der Waals surface area contributed by atoms with Gasteiger partial charge in [0.15, 0.2) is 23.3 Å². The normalized spacial score (nSPS) is 19.2. The van der Waals surface area contributed by atoms with E-state index in [2.05, 4.69) is 5.32 Å². The number of carbonyl (C=O) groups excluding carboxylic acids is 2. The summed E-state index contributed by atoms with van der Waals surface area (Å²) in [7, 11) is 0. The summed E-state index contributed by atoms with van der Waals surface area (Å²) in [5.74, 6) is -8.16. The van der Waals surface area contributed by atoms with E-state index in [9.17, 15) is 27.2 Å². The third-order valence-corrected chi connectivity index (χ3v) is 3.01. The van der Waals surface area contributed by atoms with Crippen LogP contribution in [0.5, 0.6) is 0 Å². The van der Waals surface area contributed by atoms with Crippen LogP contribution in [0.4, 0.5) is 23.2 Å². The minimum absolute atomic E-state index is 0.0363. The Labute approximate surface area is 111 Å². The summed E-state index contributed by atoms with van der Waals surface area (Å²) in [6, 6.07) is -1.18. The molecule has 0 saturated carbocycles. The van der Waals surface area contributed by atoms with E-state index < -0.39 is 53.4 Å². The minimum Gasteiger partial charge on any atom is -0.345 e. The van der Waals surface area contributed by atoms with Crippen molar-refractivity contribution in [3.8, 4) is 0 Å². The maximum atomic E-state index is 13.7. The Kier molecular flexibility index (Phi) is 3.65. The molecular weight excluding hydrogens is 280 g/mol. The van der Waals surface area contributed by atoms with Crippen molar-refractivity contribution in [2.24, 2.45) is 0 Å². The number of nitrogens with one attached hydrogen (secondary N) is 1. The summed E-state index contributed by atoms with van der Waals surface area (Å²) in [6.07, 6.45) is 0.0363. The van der Waals surface area contributed by atoms with Gasteiger partial charge in [-0.15, -0.1) is 0 Å². The molecule has 1 aliphatic heterocycles. The van der Waals surface area contributed by atoms with Crippen molar-refractivity contribution in [2.45, 2.75) is 19.4 Å². The Balaban J connectivity index is 2.64. The van der Waals surface area contributed by atoms with E-state index in [1.54, 1.807) is 0 Å². The number of benzene rings is 1. The number of amides is 2. The number of carbonyl (C=O) groups is 2. The zero-order valence-electron chi connectivity index (χ0n) is 10.3. The van der Waals surface area contributed by atoms with Crippen LogP contribution in [-0.2, 0) is 9.59 Å². The Hall–Kier alpha value is -2.12. The maximum absolute atomic E-state index is 13.7. The van der Waals surface area contributed by atoms with Crippen molar-refractivity contribution in [1.82, 2.24) is 5.32 Å². The Morgan fingerprint density at radius 1 is 1.20 bits per heavy atom. The molecule has 1 aromatic carbocycles. The molecule has 20 heavy (non-hydrogen) atoms. The fraction of sp³-hybridized carbons (Fsp3) is 0.333. The van der Waals surface area contributed by atoms with Crippen LogP contribution in [-0.4, -0.2) is 24.4 Å². The van der Waals surface area contributed by atoms with Crippen molar-refractivity contribution < 1.29 is 27.2 Å². The van der Waals surface area contributed by atoms with Gasteiger partial charge < -0.3 is 5.32 Å². The SMILES string of the molecule is CCC1C(=O)NCC(=O)N1c1c(F)c(F)cc(F)c1F. The zero-order chi connectivity index (χ0) is 15.0. The molecular formula is C12H10F4N2O2. The molecule has 0 aliphatic carbocycles. The molecule has 108 valence electrons.